The highest BCUT2D eigenvalue weighted by molar-refractivity contribution is 5.77. The predicted octanol–water partition coefficient (Wildman–Crippen LogP) is 2.88. The van der Waals surface area contributed by atoms with Gasteiger partial charge in [-0.3, -0.25) is 4.79 Å². The Hall–Kier alpha value is -0.610. The number of likely N-dealkylation sites (tertiary alicyclic amines) is 1. The molecular formula is C17H31NO3. The maximum Gasteiger partial charge on any atom is 0.225 e. The Kier molecular flexibility index (Phi) is 6.06. The van der Waals surface area contributed by atoms with Gasteiger partial charge in [0.05, 0.1) is 18.1 Å². The van der Waals surface area contributed by atoms with Gasteiger partial charge in [-0.1, -0.05) is 12.8 Å². The van der Waals surface area contributed by atoms with Gasteiger partial charge in [0, 0.05) is 19.2 Å². The van der Waals surface area contributed by atoms with E-state index in [1.165, 1.54) is 6.42 Å². The second-order valence-electron chi connectivity index (χ2n) is 7.05. The average Bonchev–Trinajstić information content (AvgIpc) is 2.85. The van der Waals surface area contributed by atoms with Crippen LogP contribution in [-0.4, -0.2) is 46.8 Å². The Morgan fingerprint density at radius 2 is 2.00 bits per heavy atom. The van der Waals surface area contributed by atoms with Crippen LogP contribution in [-0.2, 0) is 9.53 Å². The molecule has 0 aromatic carbocycles. The molecule has 0 radical (unpaired) electrons. The summed E-state index contributed by atoms with van der Waals surface area (Å²) in [5.41, 5.74) is -0.729. The summed E-state index contributed by atoms with van der Waals surface area (Å²) in [5, 5.41) is 10.5. The topological polar surface area (TPSA) is 49.8 Å². The molecule has 2 rings (SSSR count). The van der Waals surface area contributed by atoms with Gasteiger partial charge in [-0.2, -0.15) is 0 Å². The van der Waals surface area contributed by atoms with E-state index in [2.05, 4.69) is 0 Å². The lowest BCUT2D eigenvalue weighted by atomic mass is 9.94. The lowest BCUT2D eigenvalue weighted by molar-refractivity contribution is -0.140. The zero-order chi connectivity index (χ0) is 15.3. The van der Waals surface area contributed by atoms with Gasteiger partial charge >= 0.3 is 0 Å². The second kappa shape index (κ2) is 7.59. The minimum absolute atomic E-state index is 0.147. The van der Waals surface area contributed by atoms with Crippen molar-refractivity contribution in [1.82, 2.24) is 4.90 Å². The molecule has 122 valence electrons. The molecule has 0 aromatic heterocycles. The van der Waals surface area contributed by atoms with Gasteiger partial charge < -0.3 is 14.7 Å². The standard InChI is InChI=1S/C17H31NO3/c1-14(2)21-12-8-15-7-3-6-11-18(15)16(19)13-17(20)9-4-5-10-17/h14-15,20H,3-13H2,1-2H3/t15-/m0/s1. The second-order valence-corrected chi connectivity index (χ2v) is 7.05. The van der Waals surface area contributed by atoms with Crippen LogP contribution in [0.1, 0.15) is 71.6 Å². The third-order valence-electron chi connectivity index (χ3n) is 4.86. The fraction of sp³-hybridized carbons (Fsp3) is 0.941. The van der Waals surface area contributed by atoms with Gasteiger partial charge in [0.15, 0.2) is 0 Å². The highest BCUT2D eigenvalue weighted by Crippen LogP contribution is 2.33. The summed E-state index contributed by atoms with van der Waals surface area (Å²) < 4.78 is 5.64. The summed E-state index contributed by atoms with van der Waals surface area (Å²) in [4.78, 5) is 14.6. The van der Waals surface area contributed by atoms with Crippen LogP contribution in [0.15, 0.2) is 0 Å². The zero-order valence-electron chi connectivity index (χ0n) is 13.6. The van der Waals surface area contributed by atoms with Crippen molar-refractivity contribution in [3.63, 3.8) is 0 Å². The van der Waals surface area contributed by atoms with E-state index in [4.69, 9.17) is 4.74 Å². The van der Waals surface area contributed by atoms with E-state index in [0.717, 1.165) is 58.1 Å². The van der Waals surface area contributed by atoms with Crippen LogP contribution in [0.5, 0.6) is 0 Å². The molecule has 1 saturated heterocycles. The smallest absolute Gasteiger partial charge is 0.225 e. The van der Waals surface area contributed by atoms with E-state index in [-0.39, 0.29) is 12.0 Å². The van der Waals surface area contributed by atoms with Crippen LogP contribution < -0.4 is 0 Å². The number of hydrogen-bond donors (Lipinski definition) is 1. The van der Waals surface area contributed by atoms with E-state index in [1.54, 1.807) is 0 Å². The van der Waals surface area contributed by atoms with Crippen molar-refractivity contribution in [2.45, 2.75) is 89.4 Å². The molecule has 1 aliphatic heterocycles. The van der Waals surface area contributed by atoms with Crippen LogP contribution in [0.4, 0.5) is 0 Å². The summed E-state index contributed by atoms with van der Waals surface area (Å²) in [6.45, 7) is 5.65. The summed E-state index contributed by atoms with van der Waals surface area (Å²) in [5.74, 6) is 0.147. The van der Waals surface area contributed by atoms with Gasteiger partial charge in [-0.05, 0) is 52.4 Å². The number of ether oxygens (including phenoxy) is 1. The number of nitrogens with zero attached hydrogens (tertiary/aromatic N) is 1. The molecule has 1 saturated carbocycles. The number of carbonyl (C=O) groups is 1. The fourth-order valence-electron chi connectivity index (χ4n) is 3.66. The summed E-state index contributed by atoms with van der Waals surface area (Å²) in [6, 6.07) is 0.301. The molecule has 0 bridgehead atoms. The first-order valence-corrected chi connectivity index (χ1v) is 8.64. The zero-order valence-corrected chi connectivity index (χ0v) is 13.6. The van der Waals surface area contributed by atoms with E-state index < -0.39 is 5.60 Å². The molecule has 1 heterocycles. The molecule has 0 unspecified atom stereocenters. The first-order valence-electron chi connectivity index (χ1n) is 8.64. The van der Waals surface area contributed by atoms with E-state index in [1.807, 2.05) is 18.7 Å². The number of carbonyl (C=O) groups excluding carboxylic acids is 1. The Labute approximate surface area is 128 Å². The molecule has 21 heavy (non-hydrogen) atoms. The third kappa shape index (κ3) is 4.96. The molecule has 1 amide bonds. The van der Waals surface area contributed by atoms with E-state index in [9.17, 15) is 9.90 Å². The van der Waals surface area contributed by atoms with E-state index >= 15 is 0 Å². The van der Waals surface area contributed by atoms with Crippen LogP contribution in [0, 0.1) is 0 Å². The minimum Gasteiger partial charge on any atom is -0.389 e. The highest BCUT2D eigenvalue weighted by Gasteiger charge is 2.36. The molecule has 2 aliphatic rings. The Balaban J connectivity index is 1.86. The number of hydrogen-bond acceptors (Lipinski definition) is 3. The fourth-order valence-corrected chi connectivity index (χ4v) is 3.66. The van der Waals surface area contributed by atoms with Gasteiger partial charge in [0.2, 0.25) is 5.91 Å². The predicted molar refractivity (Wildman–Crippen MR) is 83.1 cm³/mol. The normalized spacial score (nSPS) is 25.5. The van der Waals surface area contributed by atoms with Crippen molar-refractivity contribution in [1.29, 1.82) is 0 Å². The Morgan fingerprint density at radius 3 is 2.67 bits per heavy atom. The highest BCUT2D eigenvalue weighted by atomic mass is 16.5. The lowest BCUT2D eigenvalue weighted by Gasteiger charge is -2.37. The maximum absolute atomic E-state index is 12.6. The Bertz CT molecular complexity index is 337. The number of aliphatic hydroxyl groups is 1. The maximum atomic E-state index is 12.6. The Morgan fingerprint density at radius 1 is 1.29 bits per heavy atom. The summed E-state index contributed by atoms with van der Waals surface area (Å²) in [6.07, 6.45) is 8.51. The lowest BCUT2D eigenvalue weighted by Crippen LogP contribution is -2.47. The molecular weight excluding hydrogens is 266 g/mol. The molecule has 2 fully saturated rings. The summed E-state index contributed by atoms with van der Waals surface area (Å²) >= 11 is 0. The van der Waals surface area contributed by atoms with Crippen molar-refractivity contribution in [3.05, 3.63) is 0 Å². The van der Waals surface area contributed by atoms with Crippen LogP contribution >= 0.6 is 0 Å². The van der Waals surface area contributed by atoms with Crippen molar-refractivity contribution in [2.75, 3.05) is 13.2 Å². The molecule has 4 heteroatoms. The molecule has 1 aliphatic carbocycles. The number of amides is 1. The molecule has 4 nitrogen and oxygen atoms in total. The number of piperidine rings is 1. The quantitative estimate of drug-likeness (QED) is 0.820. The van der Waals surface area contributed by atoms with Crippen molar-refractivity contribution in [2.24, 2.45) is 0 Å². The van der Waals surface area contributed by atoms with Crippen molar-refractivity contribution >= 4 is 5.91 Å². The van der Waals surface area contributed by atoms with Crippen LogP contribution in [0.2, 0.25) is 0 Å². The van der Waals surface area contributed by atoms with Crippen LogP contribution in [0.3, 0.4) is 0 Å². The largest absolute Gasteiger partial charge is 0.389 e. The third-order valence-corrected chi connectivity index (χ3v) is 4.86. The summed E-state index contributed by atoms with van der Waals surface area (Å²) in [7, 11) is 0. The monoisotopic (exact) mass is 297 g/mol. The van der Waals surface area contributed by atoms with E-state index in [0.29, 0.717) is 12.5 Å². The van der Waals surface area contributed by atoms with Gasteiger partial charge in [0.25, 0.3) is 0 Å². The first-order chi connectivity index (χ1) is 10.0. The first kappa shape index (κ1) is 16.8. The minimum atomic E-state index is -0.729. The van der Waals surface area contributed by atoms with Gasteiger partial charge in [0.1, 0.15) is 0 Å². The SMILES string of the molecule is CC(C)OCC[C@@H]1CCCCN1C(=O)CC1(O)CCCC1. The average molecular weight is 297 g/mol. The molecule has 0 aromatic rings. The van der Waals surface area contributed by atoms with Crippen molar-refractivity contribution < 1.29 is 14.6 Å². The van der Waals surface area contributed by atoms with Gasteiger partial charge in [-0.25, -0.2) is 0 Å². The van der Waals surface area contributed by atoms with Crippen LogP contribution in [0.25, 0.3) is 0 Å². The van der Waals surface area contributed by atoms with Crippen molar-refractivity contribution in [3.8, 4) is 0 Å². The molecule has 0 spiro atoms. The number of rotatable bonds is 6. The molecule has 1 atom stereocenters. The molecule has 1 N–H and O–H groups in total. The van der Waals surface area contributed by atoms with Gasteiger partial charge in [-0.15, -0.1) is 0 Å².